The summed E-state index contributed by atoms with van der Waals surface area (Å²) in [6.45, 7) is 1.96. The Morgan fingerprint density at radius 2 is 1.92 bits per heavy atom. The third kappa shape index (κ3) is 2.24. The first kappa shape index (κ1) is 14.7. The van der Waals surface area contributed by atoms with Crippen LogP contribution in [0.5, 0.6) is 11.5 Å². The monoisotopic (exact) mass is 331 g/mol. The van der Waals surface area contributed by atoms with Crippen LogP contribution in [0.15, 0.2) is 42.6 Å². The highest BCUT2D eigenvalue weighted by Gasteiger charge is 2.33. The Morgan fingerprint density at radius 3 is 2.67 bits per heavy atom. The zero-order chi connectivity index (χ0) is 16.9. The second kappa shape index (κ2) is 5.09. The molecular weight excluding hydrogens is 319 g/mol. The molecule has 0 radical (unpaired) electrons. The van der Waals surface area contributed by atoms with E-state index in [9.17, 15) is 13.2 Å². The van der Waals surface area contributed by atoms with Gasteiger partial charge in [-0.05, 0) is 30.7 Å². The molecular formula is C17H12F3N3O. The fraction of sp³-hybridized carbons (Fsp3) is 0.176. The van der Waals surface area contributed by atoms with E-state index < -0.39 is 11.7 Å². The van der Waals surface area contributed by atoms with Gasteiger partial charge in [-0.15, -0.1) is 0 Å². The Labute approximate surface area is 135 Å². The molecule has 0 unspecified atom stereocenters. The zero-order valence-electron chi connectivity index (χ0n) is 12.6. The number of para-hydroxylation sites is 1. The van der Waals surface area contributed by atoms with Crippen molar-refractivity contribution in [1.29, 1.82) is 0 Å². The third-order valence-corrected chi connectivity index (χ3v) is 3.87. The predicted molar refractivity (Wildman–Crippen MR) is 81.2 cm³/mol. The highest BCUT2D eigenvalue weighted by molar-refractivity contribution is 5.72. The normalized spacial score (nSPS) is 12.7. The van der Waals surface area contributed by atoms with Gasteiger partial charge in [0.1, 0.15) is 5.75 Å². The molecule has 0 spiro atoms. The summed E-state index contributed by atoms with van der Waals surface area (Å²) in [5, 5.41) is 4.45. The first-order chi connectivity index (χ1) is 11.5. The van der Waals surface area contributed by atoms with Crippen LogP contribution in [0.25, 0.3) is 17.1 Å². The van der Waals surface area contributed by atoms with Gasteiger partial charge in [0.2, 0.25) is 0 Å². The van der Waals surface area contributed by atoms with Gasteiger partial charge in [0.05, 0.1) is 17.0 Å². The fourth-order valence-corrected chi connectivity index (χ4v) is 2.67. The number of rotatable bonds is 1. The van der Waals surface area contributed by atoms with Crippen LogP contribution in [0.1, 0.15) is 18.2 Å². The summed E-state index contributed by atoms with van der Waals surface area (Å²) in [4.78, 5) is 3.97. The number of alkyl halides is 3. The highest BCUT2D eigenvalue weighted by atomic mass is 19.4. The second-order valence-corrected chi connectivity index (χ2v) is 5.43. The number of hydrogen-bond acceptors (Lipinski definition) is 3. The molecule has 7 heteroatoms. The number of ether oxygens (including phenoxy) is 1. The smallest absolute Gasteiger partial charge is 0.418 e. The van der Waals surface area contributed by atoms with Crippen LogP contribution in [0.2, 0.25) is 0 Å². The van der Waals surface area contributed by atoms with E-state index in [0.29, 0.717) is 12.2 Å². The van der Waals surface area contributed by atoms with E-state index in [4.69, 9.17) is 4.74 Å². The van der Waals surface area contributed by atoms with Gasteiger partial charge in [-0.25, -0.2) is 9.67 Å². The van der Waals surface area contributed by atoms with Crippen molar-refractivity contribution in [3.63, 3.8) is 0 Å². The molecule has 122 valence electrons. The van der Waals surface area contributed by atoms with Gasteiger partial charge < -0.3 is 4.74 Å². The van der Waals surface area contributed by atoms with E-state index in [1.165, 1.54) is 0 Å². The molecule has 4 nitrogen and oxygen atoms in total. The van der Waals surface area contributed by atoms with Crippen molar-refractivity contribution in [3.05, 3.63) is 53.9 Å². The third-order valence-electron chi connectivity index (χ3n) is 3.87. The minimum absolute atomic E-state index is 0.0294. The number of benzene rings is 1. The van der Waals surface area contributed by atoms with Crippen molar-refractivity contribution >= 4 is 0 Å². The number of halogens is 3. The molecule has 0 fully saturated rings. The Kier molecular flexibility index (Phi) is 3.13. The van der Waals surface area contributed by atoms with Crippen LogP contribution in [-0.4, -0.2) is 14.8 Å². The van der Waals surface area contributed by atoms with Crippen molar-refractivity contribution in [2.75, 3.05) is 0 Å². The molecule has 0 N–H and O–H groups in total. The van der Waals surface area contributed by atoms with Gasteiger partial charge in [0, 0.05) is 11.8 Å². The van der Waals surface area contributed by atoms with Crippen LogP contribution >= 0.6 is 0 Å². The van der Waals surface area contributed by atoms with Gasteiger partial charge >= 0.3 is 6.18 Å². The molecule has 1 aliphatic heterocycles. The molecule has 0 saturated carbocycles. The molecule has 1 aromatic carbocycles. The largest absolute Gasteiger partial charge is 0.453 e. The quantitative estimate of drug-likeness (QED) is 0.511. The summed E-state index contributed by atoms with van der Waals surface area (Å²) in [7, 11) is 0. The minimum atomic E-state index is -4.49. The van der Waals surface area contributed by atoms with E-state index in [2.05, 4.69) is 10.1 Å². The molecule has 3 heterocycles. The van der Waals surface area contributed by atoms with E-state index in [1.807, 2.05) is 25.1 Å². The van der Waals surface area contributed by atoms with Crippen molar-refractivity contribution in [1.82, 2.24) is 14.8 Å². The fourth-order valence-electron chi connectivity index (χ4n) is 2.67. The van der Waals surface area contributed by atoms with Crippen molar-refractivity contribution < 1.29 is 17.9 Å². The number of pyridine rings is 1. The number of aromatic nitrogens is 3. The SMILES string of the molecule is CCc1cc2n(n1)-c1ncc(C(F)(F)F)cc1Oc1ccccc1-2. The zero-order valence-corrected chi connectivity index (χ0v) is 12.6. The van der Waals surface area contributed by atoms with Crippen LogP contribution < -0.4 is 4.74 Å². The Hall–Kier alpha value is -2.83. The van der Waals surface area contributed by atoms with Crippen LogP contribution in [-0.2, 0) is 12.6 Å². The van der Waals surface area contributed by atoms with E-state index in [-0.39, 0.29) is 11.6 Å². The number of hydrogen-bond donors (Lipinski definition) is 0. The molecule has 0 amide bonds. The Bertz CT molecular complexity index is 931. The van der Waals surface area contributed by atoms with Gasteiger partial charge in [-0.2, -0.15) is 18.3 Å². The van der Waals surface area contributed by atoms with E-state index in [1.54, 1.807) is 16.8 Å². The van der Waals surface area contributed by atoms with Crippen molar-refractivity contribution in [2.24, 2.45) is 0 Å². The van der Waals surface area contributed by atoms with Gasteiger partial charge in [0.15, 0.2) is 11.6 Å². The molecule has 0 bridgehead atoms. The average molecular weight is 331 g/mol. The highest BCUT2D eigenvalue weighted by Crippen LogP contribution is 2.42. The minimum Gasteiger partial charge on any atom is -0.453 e. The molecule has 3 aromatic rings. The molecule has 2 aromatic heterocycles. The molecule has 1 aliphatic rings. The first-order valence-electron chi connectivity index (χ1n) is 7.41. The lowest BCUT2D eigenvalue weighted by Gasteiger charge is -2.11. The molecule has 0 saturated heterocycles. The molecule has 24 heavy (non-hydrogen) atoms. The van der Waals surface area contributed by atoms with Crippen molar-refractivity contribution in [2.45, 2.75) is 19.5 Å². The van der Waals surface area contributed by atoms with E-state index >= 15 is 0 Å². The summed E-state index contributed by atoms with van der Waals surface area (Å²) in [6, 6.07) is 10.0. The maximum absolute atomic E-state index is 13.0. The standard InChI is InChI=1S/C17H12F3N3O/c1-2-11-8-13-12-5-3-4-6-14(12)24-15-7-10(17(18,19)20)9-21-16(15)23(13)22-11/h3-9H,2H2,1H3. The van der Waals surface area contributed by atoms with Crippen LogP contribution in [0.4, 0.5) is 13.2 Å². The second-order valence-electron chi connectivity index (χ2n) is 5.43. The van der Waals surface area contributed by atoms with Crippen molar-refractivity contribution in [3.8, 4) is 28.6 Å². The van der Waals surface area contributed by atoms with E-state index in [0.717, 1.165) is 29.2 Å². The maximum Gasteiger partial charge on any atom is 0.418 e. The van der Waals surface area contributed by atoms with Gasteiger partial charge in [0.25, 0.3) is 0 Å². The topological polar surface area (TPSA) is 39.9 Å². The Morgan fingerprint density at radius 1 is 1.12 bits per heavy atom. The Balaban J connectivity index is 2.00. The lowest BCUT2D eigenvalue weighted by molar-refractivity contribution is -0.137. The van der Waals surface area contributed by atoms with Gasteiger partial charge in [-0.3, -0.25) is 0 Å². The molecule has 0 atom stereocenters. The lowest BCUT2D eigenvalue weighted by Crippen LogP contribution is -2.08. The first-order valence-corrected chi connectivity index (χ1v) is 7.41. The summed E-state index contributed by atoms with van der Waals surface area (Å²) in [5.41, 5.74) is 1.48. The number of fused-ring (bicyclic) bond motifs is 5. The number of aryl methyl sites for hydroxylation is 1. The average Bonchev–Trinajstić information content (AvgIpc) is 2.93. The summed E-state index contributed by atoms with van der Waals surface area (Å²) in [5.74, 6) is 0.747. The molecule has 4 rings (SSSR count). The van der Waals surface area contributed by atoms with Crippen LogP contribution in [0.3, 0.4) is 0 Å². The lowest BCUT2D eigenvalue weighted by atomic mass is 10.1. The molecule has 0 aliphatic carbocycles. The number of nitrogens with zero attached hydrogens (tertiary/aromatic N) is 3. The van der Waals surface area contributed by atoms with Gasteiger partial charge in [-0.1, -0.05) is 19.1 Å². The maximum atomic E-state index is 13.0. The predicted octanol–water partition coefficient (Wildman–Crippen LogP) is 4.62. The summed E-state index contributed by atoms with van der Waals surface area (Å²) in [6.07, 6.45) is -2.98. The summed E-state index contributed by atoms with van der Waals surface area (Å²) >= 11 is 0. The van der Waals surface area contributed by atoms with Crippen LogP contribution in [0, 0.1) is 0 Å². The summed E-state index contributed by atoms with van der Waals surface area (Å²) < 4.78 is 46.2.